The van der Waals surface area contributed by atoms with Gasteiger partial charge in [0, 0.05) is 9.52 Å². The summed E-state index contributed by atoms with van der Waals surface area (Å²) < 4.78 is 0. The molecule has 0 nitrogen and oxygen atoms in total. The highest BCUT2D eigenvalue weighted by atomic mass is 28.2. The standard InChI is InChI=1S/C19H28Si/c1-16-10-11-18(14-16)20-19(12-6-3-7-13-19)15-17-8-4-2-5-9-17/h3,6-7,10-12,14,17-18H,2,4-5,8-9,13,15,20H2,1H3. The van der Waals surface area contributed by atoms with Gasteiger partial charge in [-0.15, -0.1) is 0 Å². The molecule has 0 radical (unpaired) electrons. The van der Waals surface area contributed by atoms with Crippen LogP contribution in [0.15, 0.2) is 48.1 Å². The van der Waals surface area contributed by atoms with Crippen LogP contribution in [-0.4, -0.2) is 9.52 Å². The number of hydrogen-bond donors (Lipinski definition) is 0. The summed E-state index contributed by atoms with van der Waals surface area (Å²) >= 11 is 0. The number of hydrogen-bond acceptors (Lipinski definition) is 0. The Morgan fingerprint density at radius 3 is 2.70 bits per heavy atom. The minimum absolute atomic E-state index is 0.143. The van der Waals surface area contributed by atoms with Crippen LogP contribution in [-0.2, 0) is 0 Å². The zero-order valence-electron chi connectivity index (χ0n) is 12.9. The molecule has 108 valence electrons. The Balaban J connectivity index is 1.69. The summed E-state index contributed by atoms with van der Waals surface area (Å²) in [5, 5.41) is 0.562. The third kappa shape index (κ3) is 3.43. The summed E-state index contributed by atoms with van der Waals surface area (Å²) in [7, 11) is -0.143. The Kier molecular flexibility index (Phi) is 4.45. The predicted octanol–water partition coefficient (Wildman–Crippen LogP) is 5.11. The molecular formula is C19H28Si. The monoisotopic (exact) mass is 284 g/mol. The summed E-state index contributed by atoms with van der Waals surface area (Å²) in [6, 6.07) is 0. The van der Waals surface area contributed by atoms with Crippen molar-refractivity contribution in [3.8, 4) is 0 Å². The van der Waals surface area contributed by atoms with Crippen molar-refractivity contribution < 1.29 is 0 Å². The smallest absolute Gasteiger partial charge is 0.0447 e. The van der Waals surface area contributed by atoms with Crippen LogP contribution in [0.4, 0.5) is 0 Å². The minimum Gasteiger partial charge on any atom is -0.0840 e. The van der Waals surface area contributed by atoms with Crippen LogP contribution in [0.2, 0.25) is 10.6 Å². The Morgan fingerprint density at radius 1 is 1.20 bits per heavy atom. The average molecular weight is 285 g/mol. The molecule has 1 saturated carbocycles. The summed E-state index contributed by atoms with van der Waals surface area (Å²) in [6.45, 7) is 2.25. The molecule has 3 aliphatic carbocycles. The fraction of sp³-hybridized carbons (Fsp3) is 0.579. The first-order valence-corrected chi connectivity index (χ1v) is 9.99. The first-order chi connectivity index (χ1) is 9.76. The number of rotatable bonds is 4. The summed E-state index contributed by atoms with van der Waals surface area (Å²) in [6.07, 6.45) is 27.1. The van der Waals surface area contributed by atoms with E-state index in [1.165, 1.54) is 50.5 Å². The van der Waals surface area contributed by atoms with Crippen LogP contribution >= 0.6 is 0 Å². The molecule has 0 amide bonds. The molecule has 0 saturated heterocycles. The van der Waals surface area contributed by atoms with Gasteiger partial charge in [0.05, 0.1) is 0 Å². The lowest BCUT2D eigenvalue weighted by atomic mass is 9.80. The van der Waals surface area contributed by atoms with E-state index in [4.69, 9.17) is 0 Å². The van der Waals surface area contributed by atoms with Crippen LogP contribution < -0.4 is 0 Å². The molecule has 2 unspecified atom stereocenters. The van der Waals surface area contributed by atoms with Gasteiger partial charge in [-0.1, -0.05) is 80.2 Å². The Labute approximate surface area is 126 Å². The number of allylic oxidation sites excluding steroid dienone is 8. The molecule has 0 aliphatic heterocycles. The van der Waals surface area contributed by atoms with E-state index in [0.717, 1.165) is 11.5 Å². The van der Waals surface area contributed by atoms with E-state index < -0.39 is 0 Å². The largest absolute Gasteiger partial charge is 0.0840 e. The highest BCUT2D eigenvalue weighted by Crippen LogP contribution is 2.47. The molecule has 3 rings (SSSR count). The lowest BCUT2D eigenvalue weighted by Crippen LogP contribution is -2.25. The fourth-order valence-electron chi connectivity index (χ4n) is 4.38. The zero-order chi connectivity index (χ0) is 13.8. The summed E-state index contributed by atoms with van der Waals surface area (Å²) in [5.41, 5.74) is 2.28. The third-order valence-corrected chi connectivity index (χ3v) is 7.97. The lowest BCUT2D eigenvalue weighted by molar-refractivity contribution is 0.313. The van der Waals surface area contributed by atoms with Gasteiger partial charge in [0.25, 0.3) is 0 Å². The predicted molar refractivity (Wildman–Crippen MR) is 92.0 cm³/mol. The fourth-order valence-corrected chi connectivity index (χ4v) is 7.26. The molecule has 0 aromatic carbocycles. The minimum atomic E-state index is -0.143. The molecule has 20 heavy (non-hydrogen) atoms. The molecule has 0 heterocycles. The van der Waals surface area contributed by atoms with E-state index in [1.54, 1.807) is 0 Å². The van der Waals surface area contributed by atoms with Crippen molar-refractivity contribution in [2.45, 2.75) is 62.4 Å². The highest BCUT2D eigenvalue weighted by molar-refractivity contribution is 6.44. The van der Waals surface area contributed by atoms with Crippen molar-refractivity contribution in [2.24, 2.45) is 5.92 Å². The van der Waals surface area contributed by atoms with Crippen molar-refractivity contribution in [1.82, 2.24) is 0 Å². The van der Waals surface area contributed by atoms with E-state index >= 15 is 0 Å². The van der Waals surface area contributed by atoms with Crippen LogP contribution in [0.3, 0.4) is 0 Å². The van der Waals surface area contributed by atoms with Crippen LogP contribution in [0.1, 0.15) is 51.9 Å². The van der Waals surface area contributed by atoms with Crippen LogP contribution in [0.25, 0.3) is 0 Å². The van der Waals surface area contributed by atoms with E-state index in [0.29, 0.717) is 5.04 Å². The zero-order valence-corrected chi connectivity index (χ0v) is 14.3. The molecular weight excluding hydrogens is 256 g/mol. The van der Waals surface area contributed by atoms with Gasteiger partial charge in [-0.3, -0.25) is 0 Å². The first kappa shape index (κ1) is 14.1. The Bertz CT molecular complexity index is 448. The van der Waals surface area contributed by atoms with Gasteiger partial charge in [-0.05, 0) is 36.3 Å². The van der Waals surface area contributed by atoms with Crippen LogP contribution in [0, 0.1) is 5.92 Å². The maximum absolute atomic E-state index is 2.59. The van der Waals surface area contributed by atoms with Crippen molar-refractivity contribution in [3.63, 3.8) is 0 Å². The molecule has 1 fully saturated rings. The Morgan fingerprint density at radius 2 is 2.05 bits per heavy atom. The van der Waals surface area contributed by atoms with E-state index in [9.17, 15) is 0 Å². The first-order valence-electron chi connectivity index (χ1n) is 8.47. The van der Waals surface area contributed by atoms with E-state index in [-0.39, 0.29) is 9.52 Å². The SMILES string of the molecule is CC1=CC([SiH2]C2(CC3CCCCC3)C=CC=CC2)C=C1. The summed E-state index contributed by atoms with van der Waals surface area (Å²) in [5.74, 6) is 1.00. The van der Waals surface area contributed by atoms with Crippen molar-refractivity contribution in [2.75, 3.05) is 0 Å². The van der Waals surface area contributed by atoms with Crippen molar-refractivity contribution >= 4 is 9.52 Å². The van der Waals surface area contributed by atoms with E-state index in [2.05, 4.69) is 49.5 Å². The van der Waals surface area contributed by atoms with Gasteiger partial charge in [0.1, 0.15) is 0 Å². The lowest BCUT2D eigenvalue weighted by Gasteiger charge is -2.37. The molecule has 0 spiro atoms. The quantitative estimate of drug-likeness (QED) is 0.630. The van der Waals surface area contributed by atoms with Gasteiger partial charge in [0.2, 0.25) is 0 Å². The average Bonchev–Trinajstić information content (AvgIpc) is 2.86. The van der Waals surface area contributed by atoms with Gasteiger partial charge < -0.3 is 0 Å². The van der Waals surface area contributed by atoms with Crippen molar-refractivity contribution in [1.29, 1.82) is 0 Å². The molecule has 3 aliphatic rings. The molecule has 0 aromatic rings. The normalized spacial score (nSPS) is 34.2. The van der Waals surface area contributed by atoms with Gasteiger partial charge in [-0.25, -0.2) is 0 Å². The van der Waals surface area contributed by atoms with Crippen molar-refractivity contribution in [3.05, 3.63) is 48.1 Å². The third-order valence-electron chi connectivity index (χ3n) is 5.37. The second kappa shape index (κ2) is 6.30. The highest BCUT2D eigenvalue weighted by Gasteiger charge is 2.33. The maximum Gasteiger partial charge on any atom is 0.0447 e. The topological polar surface area (TPSA) is 0 Å². The molecule has 0 bridgehead atoms. The molecule has 0 N–H and O–H groups in total. The second-order valence-corrected chi connectivity index (χ2v) is 9.96. The molecule has 2 atom stereocenters. The molecule has 0 aromatic heterocycles. The van der Waals surface area contributed by atoms with E-state index in [1.807, 2.05) is 0 Å². The van der Waals surface area contributed by atoms with Crippen LogP contribution in [0.5, 0.6) is 0 Å². The van der Waals surface area contributed by atoms with Gasteiger partial charge in [0.15, 0.2) is 0 Å². The van der Waals surface area contributed by atoms with Gasteiger partial charge in [-0.2, -0.15) is 0 Å². The van der Waals surface area contributed by atoms with Gasteiger partial charge >= 0.3 is 0 Å². The maximum atomic E-state index is 2.59. The summed E-state index contributed by atoms with van der Waals surface area (Å²) in [4.78, 5) is 0. The Hall–Kier alpha value is -0.823. The second-order valence-electron chi connectivity index (χ2n) is 7.20. The molecule has 1 heteroatoms.